The molecule has 1 atom stereocenters. The van der Waals surface area contributed by atoms with E-state index in [0.717, 1.165) is 16.5 Å². The Balaban J connectivity index is 1.35. The molecule has 0 spiro atoms. The molecule has 158 valence electrons. The van der Waals surface area contributed by atoms with Crippen molar-refractivity contribution in [1.29, 1.82) is 0 Å². The Kier molecular flexibility index (Phi) is 5.84. The number of hydrogen-bond acceptors (Lipinski definition) is 5. The van der Waals surface area contributed by atoms with Crippen molar-refractivity contribution in [2.75, 3.05) is 30.5 Å². The minimum absolute atomic E-state index is 0.0577. The molecular weight excluding hydrogens is 396 g/mol. The average Bonchev–Trinajstić information content (AvgIpc) is 3.19. The number of fused-ring (bicyclic) bond motifs is 1. The fourth-order valence-corrected chi connectivity index (χ4v) is 3.67. The lowest BCUT2D eigenvalue weighted by Crippen LogP contribution is -2.28. The number of nitrogens with zero attached hydrogens (tertiary/aromatic N) is 1. The summed E-state index contributed by atoms with van der Waals surface area (Å²) in [7, 11) is 1.56. The number of nitrogens with one attached hydrogen (secondary N) is 1. The second-order valence-electron chi connectivity index (χ2n) is 7.29. The number of carbonyl (C=O) groups excluding carboxylic acids is 3. The van der Waals surface area contributed by atoms with Crippen molar-refractivity contribution < 1.29 is 23.9 Å². The van der Waals surface area contributed by atoms with Gasteiger partial charge in [-0.2, -0.15) is 0 Å². The first-order chi connectivity index (χ1) is 15.0. The van der Waals surface area contributed by atoms with Gasteiger partial charge in [0.25, 0.3) is 5.91 Å². The summed E-state index contributed by atoms with van der Waals surface area (Å²) in [5.74, 6) is -1.08. The molecule has 1 aliphatic heterocycles. The van der Waals surface area contributed by atoms with E-state index in [1.165, 1.54) is 0 Å². The van der Waals surface area contributed by atoms with Crippen molar-refractivity contribution in [3.8, 4) is 5.75 Å². The summed E-state index contributed by atoms with van der Waals surface area (Å²) in [6.45, 7) is -0.185. The molecule has 31 heavy (non-hydrogen) atoms. The van der Waals surface area contributed by atoms with E-state index in [0.29, 0.717) is 11.4 Å². The third-order valence-electron chi connectivity index (χ3n) is 5.24. The van der Waals surface area contributed by atoms with Gasteiger partial charge in [0.1, 0.15) is 5.75 Å². The Labute approximate surface area is 179 Å². The van der Waals surface area contributed by atoms with Gasteiger partial charge >= 0.3 is 5.97 Å². The van der Waals surface area contributed by atoms with Gasteiger partial charge in [-0.05, 0) is 35.7 Å². The number of hydrogen-bond donors (Lipinski definition) is 1. The molecule has 3 aromatic rings. The van der Waals surface area contributed by atoms with Crippen LogP contribution in [0.5, 0.6) is 5.75 Å². The Morgan fingerprint density at radius 2 is 1.77 bits per heavy atom. The Hall–Kier alpha value is -3.87. The molecule has 1 fully saturated rings. The normalized spacial score (nSPS) is 15.7. The van der Waals surface area contributed by atoms with Crippen LogP contribution in [-0.2, 0) is 19.1 Å². The van der Waals surface area contributed by atoms with E-state index in [2.05, 4.69) is 5.32 Å². The maximum atomic E-state index is 12.6. The summed E-state index contributed by atoms with van der Waals surface area (Å²) in [5, 5.41) is 4.63. The van der Waals surface area contributed by atoms with Gasteiger partial charge in [-0.3, -0.25) is 14.4 Å². The van der Waals surface area contributed by atoms with E-state index < -0.39 is 24.4 Å². The third-order valence-corrected chi connectivity index (χ3v) is 5.24. The molecule has 0 unspecified atom stereocenters. The molecule has 7 nitrogen and oxygen atoms in total. The number of benzene rings is 3. The van der Waals surface area contributed by atoms with Crippen molar-refractivity contribution >= 4 is 39.9 Å². The third kappa shape index (κ3) is 4.50. The van der Waals surface area contributed by atoms with Crippen LogP contribution >= 0.6 is 0 Å². The largest absolute Gasteiger partial charge is 0.497 e. The van der Waals surface area contributed by atoms with Crippen LogP contribution in [0.3, 0.4) is 0 Å². The summed E-state index contributed by atoms with van der Waals surface area (Å²) in [6, 6.07) is 20.3. The van der Waals surface area contributed by atoms with Crippen LogP contribution in [-0.4, -0.2) is 38.0 Å². The average molecular weight is 418 g/mol. The van der Waals surface area contributed by atoms with Gasteiger partial charge in [0.2, 0.25) is 5.91 Å². The van der Waals surface area contributed by atoms with Crippen LogP contribution in [0.2, 0.25) is 0 Å². The summed E-state index contributed by atoms with van der Waals surface area (Å²) in [5.41, 5.74) is 1.34. The lowest BCUT2D eigenvalue weighted by atomic mass is 10.1. The van der Waals surface area contributed by atoms with Crippen LogP contribution in [0.4, 0.5) is 11.4 Å². The van der Waals surface area contributed by atoms with E-state index in [-0.39, 0.29) is 18.9 Å². The molecule has 0 bridgehead atoms. The molecule has 1 N–H and O–H groups in total. The van der Waals surface area contributed by atoms with Crippen LogP contribution in [0, 0.1) is 5.92 Å². The first-order valence-corrected chi connectivity index (χ1v) is 9.94. The smallest absolute Gasteiger partial charge is 0.311 e. The van der Waals surface area contributed by atoms with E-state index in [4.69, 9.17) is 9.47 Å². The number of methoxy groups -OCH3 is 1. The number of esters is 1. The number of rotatable bonds is 6. The standard InChI is InChI=1S/C24H22N2O5/c1-30-19-11-9-18(10-12-19)25-22(27)15-31-24(29)17-13-23(28)26(14-17)21-8-4-6-16-5-2-3-7-20(16)21/h2-12,17H,13-15H2,1H3,(H,25,27)/t17-/m0/s1. The first-order valence-electron chi connectivity index (χ1n) is 9.94. The monoisotopic (exact) mass is 418 g/mol. The predicted molar refractivity (Wildman–Crippen MR) is 117 cm³/mol. The molecule has 1 saturated heterocycles. The predicted octanol–water partition coefficient (Wildman–Crippen LogP) is 3.38. The van der Waals surface area contributed by atoms with Crippen LogP contribution in [0.1, 0.15) is 6.42 Å². The van der Waals surface area contributed by atoms with Gasteiger partial charge in [0, 0.05) is 24.0 Å². The zero-order valence-electron chi connectivity index (χ0n) is 17.0. The number of anilines is 2. The summed E-state index contributed by atoms with van der Waals surface area (Å²) >= 11 is 0. The number of amides is 2. The molecule has 2 amide bonds. The van der Waals surface area contributed by atoms with Crippen LogP contribution < -0.4 is 15.0 Å². The van der Waals surface area contributed by atoms with Gasteiger partial charge in [-0.15, -0.1) is 0 Å². The van der Waals surface area contributed by atoms with E-state index in [1.54, 1.807) is 36.3 Å². The maximum Gasteiger partial charge on any atom is 0.311 e. The highest BCUT2D eigenvalue weighted by molar-refractivity contribution is 6.06. The Morgan fingerprint density at radius 3 is 2.55 bits per heavy atom. The van der Waals surface area contributed by atoms with Crippen molar-refractivity contribution in [2.24, 2.45) is 5.92 Å². The molecule has 3 aromatic carbocycles. The van der Waals surface area contributed by atoms with Crippen LogP contribution in [0.15, 0.2) is 66.7 Å². The minimum atomic E-state index is -0.611. The van der Waals surface area contributed by atoms with E-state index in [1.807, 2.05) is 42.5 Å². The molecule has 0 saturated carbocycles. The van der Waals surface area contributed by atoms with Crippen molar-refractivity contribution in [2.45, 2.75) is 6.42 Å². The highest BCUT2D eigenvalue weighted by Gasteiger charge is 2.36. The summed E-state index contributed by atoms with van der Waals surface area (Å²) in [6.07, 6.45) is 0.0577. The summed E-state index contributed by atoms with van der Waals surface area (Å²) in [4.78, 5) is 38.8. The molecule has 0 aromatic heterocycles. The van der Waals surface area contributed by atoms with Crippen molar-refractivity contribution in [1.82, 2.24) is 0 Å². The second-order valence-corrected chi connectivity index (χ2v) is 7.29. The van der Waals surface area contributed by atoms with Gasteiger partial charge < -0.3 is 19.7 Å². The van der Waals surface area contributed by atoms with Gasteiger partial charge in [-0.1, -0.05) is 36.4 Å². The Morgan fingerprint density at radius 1 is 1.03 bits per heavy atom. The number of carbonyl (C=O) groups is 3. The molecule has 1 heterocycles. The van der Waals surface area contributed by atoms with Gasteiger partial charge in [0.15, 0.2) is 6.61 Å². The molecular formula is C24H22N2O5. The summed E-state index contributed by atoms with van der Waals surface area (Å²) < 4.78 is 10.2. The molecule has 1 aliphatic rings. The zero-order chi connectivity index (χ0) is 21.8. The van der Waals surface area contributed by atoms with Gasteiger partial charge in [-0.25, -0.2) is 0 Å². The topological polar surface area (TPSA) is 84.9 Å². The molecule has 4 rings (SSSR count). The minimum Gasteiger partial charge on any atom is -0.497 e. The fraction of sp³-hybridized carbons (Fsp3) is 0.208. The first kappa shape index (κ1) is 20.4. The zero-order valence-corrected chi connectivity index (χ0v) is 17.0. The van der Waals surface area contributed by atoms with Crippen molar-refractivity contribution in [3.63, 3.8) is 0 Å². The van der Waals surface area contributed by atoms with E-state index >= 15 is 0 Å². The van der Waals surface area contributed by atoms with Crippen LogP contribution in [0.25, 0.3) is 10.8 Å². The lowest BCUT2D eigenvalue weighted by Gasteiger charge is -2.18. The Bertz CT molecular complexity index is 1120. The molecule has 0 radical (unpaired) electrons. The highest BCUT2D eigenvalue weighted by Crippen LogP contribution is 2.32. The van der Waals surface area contributed by atoms with Crippen molar-refractivity contribution in [3.05, 3.63) is 66.7 Å². The SMILES string of the molecule is COc1ccc(NC(=O)COC(=O)[C@H]2CC(=O)N(c3cccc4ccccc34)C2)cc1. The molecule has 7 heteroatoms. The maximum absolute atomic E-state index is 12.6. The lowest BCUT2D eigenvalue weighted by molar-refractivity contribution is -0.151. The quantitative estimate of drug-likeness (QED) is 0.621. The molecule has 0 aliphatic carbocycles. The second kappa shape index (κ2) is 8.87. The highest BCUT2D eigenvalue weighted by atomic mass is 16.5. The van der Waals surface area contributed by atoms with Gasteiger partial charge in [0.05, 0.1) is 18.7 Å². The van der Waals surface area contributed by atoms with E-state index in [9.17, 15) is 14.4 Å². The fourth-order valence-electron chi connectivity index (χ4n) is 3.67. The number of ether oxygens (including phenoxy) is 2.